The smallest absolute Gasteiger partial charge is 0.267 e. The molecule has 0 unspecified atom stereocenters. The van der Waals surface area contributed by atoms with Gasteiger partial charge in [-0.05, 0) is 35.4 Å². The number of nitrogens with one attached hydrogen (secondary N) is 1. The molecule has 0 aromatic heterocycles. The molecule has 1 aliphatic heterocycles. The van der Waals surface area contributed by atoms with Crippen LogP contribution in [0, 0.1) is 0 Å². The second kappa shape index (κ2) is 8.71. The third kappa shape index (κ3) is 3.83. The molecule has 1 N–H and O–H groups in total. The van der Waals surface area contributed by atoms with E-state index in [1.807, 2.05) is 30.3 Å². The molecule has 1 aliphatic rings. The van der Waals surface area contributed by atoms with Gasteiger partial charge in [0.1, 0.15) is 6.04 Å². The van der Waals surface area contributed by atoms with Gasteiger partial charge in [-0.25, -0.2) is 5.48 Å². The highest BCUT2D eigenvalue weighted by Crippen LogP contribution is 2.36. The maximum atomic E-state index is 13.2. The Morgan fingerprint density at radius 1 is 0.839 bits per heavy atom. The summed E-state index contributed by atoms with van der Waals surface area (Å²) >= 11 is 6.07. The fourth-order valence-electron chi connectivity index (χ4n) is 3.93. The third-order valence-electron chi connectivity index (χ3n) is 5.28. The van der Waals surface area contributed by atoms with Crippen molar-refractivity contribution in [2.45, 2.75) is 12.0 Å². The van der Waals surface area contributed by atoms with Crippen LogP contribution in [0.15, 0.2) is 78.9 Å². The van der Waals surface area contributed by atoms with Gasteiger partial charge in [-0.15, -0.1) is 0 Å². The van der Waals surface area contributed by atoms with Crippen LogP contribution in [-0.2, 0) is 9.63 Å². The average molecular weight is 435 g/mol. The van der Waals surface area contributed by atoms with Gasteiger partial charge in [0, 0.05) is 10.9 Å². The Morgan fingerprint density at radius 3 is 1.90 bits per heavy atom. The molecule has 7 heteroatoms. The Balaban J connectivity index is 1.89. The minimum absolute atomic E-state index is 0.269. The molecule has 0 bridgehead atoms. The molecular formula is C24H19ClN2O4. The van der Waals surface area contributed by atoms with Crippen LogP contribution in [0.3, 0.4) is 0 Å². The number of hydroxylamine groups is 1. The van der Waals surface area contributed by atoms with Crippen molar-refractivity contribution >= 4 is 29.3 Å². The van der Waals surface area contributed by atoms with Gasteiger partial charge in [0.25, 0.3) is 17.7 Å². The maximum absolute atomic E-state index is 13.2. The first-order chi connectivity index (χ1) is 15.0. The third-order valence-corrected chi connectivity index (χ3v) is 5.53. The second-order valence-electron chi connectivity index (χ2n) is 7.08. The normalized spacial score (nSPS) is 14.8. The molecule has 3 amide bonds. The molecule has 3 aromatic rings. The molecule has 1 heterocycles. The fraction of sp³-hybridized carbons (Fsp3) is 0.125. The van der Waals surface area contributed by atoms with E-state index in [9.17, 15) is 14.4 Å². The van der Waals surface area contributed by atoms with E-state index >= 15 is 0 Å². The van der Waals surface area contributed by atoms with E-state index in [-0.39, 0.29) is 11.1 Å². The molecule has 0 aliphatic carbocycles. The van der Waals surface area contributed by atoms with Crippen LogP contribution in [0.1, 0.15) is 37.8 Å². The Kier molecular flexibility index (Phi) is 5.84. The molecule has 0 saturated heterocycles. The lowest BCUT2D eigenvalue weighted by molar-refractivity contribution is -0.135. The molecule has 6 nitrogen and oxygen atoms in total. The molecule has 0 saturated carbocycles. The van der Waals surface area contributed by atoms with Gasteiger partial charge in [-0.1, -0.05) is 66.2 Å². The van der Waals surface area contributed by atoms with E-state index < -0.39 is 29.7 Å². The lowest BCUT2D eigenvalue weighted by atomic mass is 9.83. The molecule has 0 spiro atoms. The first-order valence-corrected chi connectivity index (χ1v) is 10.0. The number of hydrogen-bond acceptors (Lipinski definition) is 4. The van der Waals surface area contributed by atoms with Crippen molar-refractivity contribution in [1.29, 1.82) is 0 Å². The molecule has 3 aromatic carbocycles. The summed E-state index contributed by atoms with van der Waals surface area (Å²) in [6.07, 6.45) is 0. The lowest BCUT2D eigenvalue weighted by Gasteiger charge is -2.32. The summed E-state index contributed by atoms with van der Waals surface area (Å²) in [4.78, 5) is 45.6. The summed E-state index contributed by atoms with van der Waals surface area (Å²) in [6, 6.07) is 21.6. The first kappa shape index (κ1) is 20.8. The Hall–Kier alpha value is -3.48. The minimum atomic E-state index is -1.18. The summed E-state index contributed by atoms with van der Waals surface area (Å²) in [6.45, 7) is 0. The van der Waals surface area contributed by atoms with Crippen LogP contribution in [-0.4, -0.2) is 35.8 Å². The van der Waals surface area contributed by atoms with Gasteiger partial charge in [0.05, 0.1) is 18.2 Å². The van der Waals surface area contributed by atoms with E-state index in [0.717, 1.165) is 16.0 Å². The van der Waals surface area contributed by atoms with Crippen LogP contribution < -0.4 is 5.48 Å². The van der Waals surface area contributed by atoms with Crippen LogP contribution >= 0.6 is 11.6 Å². The van der Waals surface area contributed by atoms with Crippen LogP contribution in [0.25, 0.3) is 0 Å². The summed E-state index contributed by atoms with van der Waals surface area (Å²) in [5.74, 6) is -2.30. The van der Waals surface area contributed by atoms with Gasteiger partial charge in [0.2, 0.25) is 0 Å². The highest BCUT2D eigenvalue weighted by molar-refractivity contribution is 6.30. The Bertz CT molecular complexity index is 1100. The monoisotopic (exact) mass is 434 g/mol. The van der Waals surface area contributed by atoms with Crippen LogP contribution in [0.4, 0.5) is 0 Å². The van der Waals surface area contributed by atoms with Gasteiger partial charge in [0.15, 0.2) is 0 Å². The molecule has 0 fully saturated rings. The minimum Gasteiger partial charge on any atom is -0.277 e. The number of rotatable bonds is 6. The number of carbonyl (C=O) groups is 3. The van der Waals surface area contributed by atoms with Crippen LogP contribution in [0.5, 0.6) is 0 Å². The number of fused-ring (bicyclic) bond motifs is 1. The standard InChI is InChI=1S/C24H19ClN2O4/c1-31-26-22(28)21(27-23(29)18-9-5-6-10-19(18)24(27)30)20(15-7-3-2-4-8-15)16-11-13-17(25)14-12-16/h2-14,20-21H,1H3,(H,26,28)/t20-,21+/m1/s1. The molecule has 156 valence electrons. The summed E-state index contributed by atoms with van der Waals surface area (Å²) < 4.78 is 0. The number of imide groups is 1. The molecule has 4 rings (SSSR count). The van der Waals surface area contributed by atoms with Crippen molar-refractivity contribution in [2.75, 3.05) is 7.11 Å². The topological polar surface area (TPSA) is 75.7 Å². The highest BCUT2D eigenvalue weighted by atomic mass is 35.5. The number of hydrogen-bond donors (Lipinski definition) is 1. The van der Waals surface area contributed by atoms with Crippen molar-refractivity contribution in [1.82, 2.24) is 10.4 Å². The maximum Gasteiger partial charge on any atom is 0.267 e. The molecule has 0 radical (unpaired) electrons. The van der Waals surface area contributed by atoms with E-state index in [4.69, 9.17) is 16.4 Å². The van der Waals surface area contributed by atoms with Crippen molar-refractivity contribution in [3.8, 4) is 0 Å². The number of halogens is 1. The zero-order valence-electron chi connectivity index (χ0n) is 16.6. The molecule has 2 atom stereocenters. The predicted molar refractivity (Wildman–Crippen MR) is 116 cm³/mol. The van der Waals surface area contributed by atoms with E-state index in [2.05, 4.69) is 5.48 Å². The van der Waals surface area contributed by atoms with E-state index in [0.29, 0.717) is 5.02 Å². The molecule has 31 heavy (non-hydrogen) atoms. The Labute approximate surface area is 184 Å². The van der Waals surface area contributed by atoms with Crippen molar-refractivity contribution < 1.29 is 19.2 Å². The quantitative estimate of drug-likeness (QED) is 0.472. The van der Waals surface area contributed by atoms with Crippen LogP contribution in [0.2, 0.25) is 5.02 Å². The lowest BCUT2D eigenvalue weighted by Crippen LogP contribution is -2.52. The van der Waals surface area contributed by atoms with Crippen molar-refractivity contribution in [3.05, 3.63) is 106 Å². The zero-order valence-corrected chi connectivity index (χ0v) is 17.4. The predicted octanol–water partition coefficient (Wildman–Crippen LogP) is 3.81. The van der Waals surface area contributed by atoms with E-state index in [1.54, 1.807) is 48.5 Å². The fourth-order valence-corrected chi connectivity index (χ4v) is 4.05. The summed E-state index contributed by atoms with van der Waals surface area (Å²) in [7, 11) is 1.30. The number of amides is 3. The van der Waals surface area contributed by atoms with Gasteiger partial charge < -0.3 is 0 Å². The number of benzene rings is 3. The summed E-state index contributed by atoms with van der Waals surface area (Å²) in [5.41, 5.74) is 4.34. The second-order valence-corrected chi connectivity index (χ2v) is 7.52. The summed E-state index contributed by atoms with van der Waals surface area (Å²) in [5, 5.41) is 0.536. The first-order valence-electron chi connectivity index (χ1n) is 9.63. The number of carbonyl (C=O) groups excluding carboxylic acids is 3. The SMILES string of the molecule is CONC(=O)[C@H]([C@H](c1ccccc1)c1ccc(Cl)cc1)N1C(=O)c2ccccc2C1=O. The van der Waals surface area contributed by atoms with Gasteiger partial charge in [-0.2, -0.15) is 0 Å². The Morgan fingerprint density at radius 2 is 1.35 bits per heavy atom. The molecular weight excluding hydrogens is 416 g/mol. The van der Waals surface area contributed by atoms with Gasteiger partial charge in [-0.3, -0.25) is 24.1 Å². The van der Waals surface area contributed by atoms with Crippen molar-refractivity contribution in [3.63, 3.8) is 0 Å². The zero-order chi connectivity index (χ0) is 22.0. The highest BCUT2D eigenvalue weighted by Gasteiger charge is 2.47. The van der Waals surface area contributed by atoms with Gasteiger partial charge >= 0.3 is 0 Å². The average Bonchev–Trinajstić information content (AvgIpc) is 3.04. The largest absolute Gasteiger partial charge is 0.277 e. The number of nitrogens with zero attached hydrogens (tertiary/aromatic N) is 1. The van der Waals surface area contributed by atoms with Crippen molar-refractivity contribution in [2.24, 2.45) is 0 Å². The van der Waals surface area contributed by atoms with E-state index in [1.165, 1.54) is 7.11 Å².